The highest BCUT2D eigenvalue weighted by Gasteiger charge is 2.28. The summed E-state index contributed by atoms with van der Waals surface area (Å²) in [7, 11) is 0. The number of aryl methyl sites for hydroxylation is 1. The van der Waals surface area contributed by atoms with Crippen LogP contribution < -0.4 is 5.73 Å². The summed E-state index contributed by atoms with van der Waals surface area (Å²) < 4.78 is 27.9. The van der Waals surface area contributed by atoms with Crippen LogP contribution in [0.15, 0.2) is 12.1 Å². The van der Waals surface area contributed by atoms with Gasteiger partial charge in [0.1, 0.15) is 11.6 Å². The summed E-state index contributed by atoms with van der Waals surface area (Å²) >= 11 is 0. The van der Waals surface area contributed by atoms with E-state index in [4.69, 9.17) is 5.73 Å². The third-order valence-corrected chi connectivity index (χ3v) is 4.40. The van der Waals surface area contributed by atoms with Gasteiger partial charge in [0.05, 0.1) is 0 Å². The third kappa shape index (κ3) is 3.18. The van der Waals surface area contributed by atoms with Crippen LogP contribution in [0.5, 0.6) is 0 Å². The number of rotatable bonds is 4. The van der Waals surface area contributed by atoms with Gasteiger partial charge in [-0.25, -0.2) is 8.78 Å². The molecule has 1 fully saturated rings. The first-order chi connectivity index (χ1) is 9.54. The second-order valence-corrected chi connectivity index (χ2v) is 5.76. The van der Waals surface area contributed by atoms with Crippen LogP contribution in [-0.4, -0.2) is 24.0 Å². The molecule has 2 rings (SSSR count). The Labute approximate surface area is 120 Å². The van der Waals surface area contributed by atoms with Crippen molar-refractivity contribution in [2.24, 2.45) is 5.73 Å². The predicted molar refractivity (Wildman–Crippen MR) is 77.5 cm³/mol. The van der Waals surface area contributed by atoms with Crippen LogP contribution >= 0.6 is 0 Å². The number of likely N-dealkylation sites (tertiary alicyclic amines) is 1. The first-order valence-electron chi connectivity index (χ1n) is 7.46. The first-order valence-corrected chi connectivity index (χ1v) is 7.46. The smallest absolute Gasteiger partial charge is 0.128 e. The zero-order chi connectivity index (χ0) is 14.7. The maximum Gasteiger partial charge on any atom is 0.128 e. The molecule has 0 bridgehead atoms. The van der Waals surface area contributed by atoms with Gasteiger partial charge in [-0.1, -0.05) is 6.42 Å². The summed E-state index contributed by atoms with van der Waals surface area (Å²) in [5.74, 6) is -0.644. The molecule has 1 aliphatic heterocycles. The van der Waals surface area contributed by atoms with Crippen molar-refractivity contribution in [3.63, 3.8) is 0 Å². The number of nitrogens with zero attached hydrogens (tertiary/aromatic N) is 1. The number of hydrogen-bond donors (Lipinski definition) is 1. The molecule has 1 saturated heterocycles. The lowest BCUT2D eigenvalue weighted by molar-refractivity contribution is 0.0964. The Kier molecular flexibility index (Phi) is 5.11. The van der Waals surface area contributed by atoms with Crippen LogP contribution in [0.3, 0.4) is 0 Å². The maximum absolute atomic E-state index is 14.1. The van der Waals surface area contributed by atoms with Crippen molar-refractivity contribution in [1.82, 2.24) is 4.90 Å². The van der Waals surface area contributed by atoms with E-state index in [1.807, 2.05) is 6.92 Å². The lowest BCUT2D eigenvalue weighted by Crippen LogP contribution is -2.42. The van der Waals surface area contributed by atoms with Crippen molar-refractivity contribution in [1.29, 1.82) is 0 Å². The molecule has 1 aromatic carbocycles. The molecule has 2 unspecified atom stereocenters. The summed E-state index contributed by atoms with van der Waals surface area (Å²) in [4.78, 5) is 2.28. The second kappa shape index (κ2) is 6.64. The molecular formula is C16H24F2N2. The molecule has 0 aliphatic carbocycles. The van der Waals surface area contributed by atoms with Gasteiger partial charge in [-0.15, -0.1) is 0 Å². The molecule has 112 valence electrons. The summed E-state index contributed by atoms with van der Waals surface area (Å²) in [5, 5.41) is 0. The van der Waals surface area contributed by atoms with Crippen LogP contribution in [0.2, 0.25) is 0 Å². The van der Waals surface area contributed by atoms with Crippen LogP contribution in [0.4, 0.5) is 8.78 Å². The van der Waals surface area contributed by atoms with Gasteiger partial charge in [0.25, 0.3) is 0 Å². The minimum absolute atomic E-state index is 0.109. The average Bonchev–Trinajstić information content (AvgIpc) is 2.43. The largest absolute Gasteiger partial charge is 0.330 e. The van der Waals surface area contributed by atoms with Crippen molar-refractivity contribution in [3.05, 3.63) is 34.9 Å². The van der Waals surface area contributed by atoms with Gasteiger partial charge >= 0.3 is 0 Å². The third-order valence-electron chi connectivity index (χ3n) is 4.40. The fourth-order valence-electron chi connectivity index (χ4n) is 3.20. The highest BCUT2D eigenvalue weighted by atomic mass is 19.1. The van der Waals surface area contributed by atoms with Crippen molar-refractivity contribution in [3.8, 4) is 0 Å². The molecule has 0 amide bonds. The Balaban J connectivity index is 2.24. The van der Waals surface area contributed by atoms with Crippen LogP contribution in [0, 0.1) is 18.6 Å². The Morgan fingerprint density at radius 1 is 1.30 bits per heavy atom. The van der Waals surface area contributed by atoms with E-state index in [1.165, 1.54) is 18.6 Å². The minimum atomic E-state index is -0.333. The van der Waals surface area contributed by atoms with E-state index >= 15 is 0 Å². The monoisotopic (exact) mass is 282 g/mol. The minimum Gasteiger partial charge on any atom is -0.330 e. The molecule has 1 aliphatic rings. The SMILES string of the molecule is Cc1cc(F)c(C(C)N2CCCCC2CCN)cc1F. The molecule has 4 heteroatoms. The predicted octanol–water partition coefficient (Wildman–Crippen LogP) is 3.54. The first kappa shape index (κ1) is 15.4. The maximum atomic E-state index is 14.1. The molecule has 20 heavy (non-hydrogen) atoms. The Bertz CT molecular complexity index is 460. The van der Waals surface area contributed by atoms with Gasteiger partial charge < -0.3 is 5.73 Å². The standard InChI is InChI=1S/C16H24F2N2/c1-11-9-16(18)14(10-15(11)17)12(2)20-8-4-3-5-13(20)6-7-19/h9-10,12-13H,3-8,19H2,1-2H3. The highest BCUT2D eigenvalue weighted by Crippen LogP contribution is 2.31. The van der Waals surface area contributed by atoms with Gasteiger partial charge in [-0.3, -0.25) is 4.90 Å². The van der Waals surface area contributed by atoms with E-state index in [2.05, 4.69) is 4.90 Å². The van der Waals surface area contributed by atoms with E-state index in [9.17, 15) is 8.78 Å². The van der Waals surface area contributed by atoms with Crippen molar-refractivity contribution in [2.75, 3.05) is 13.1 Å². The quantitative estimate of drug-likeness (QED) is 0.915. The second-order valence-electron chi connectivity index (χ2n) is 5.76. The molecule has 1 aromatic rings. The molecule has 0 radical (unpaired) electrons. The molecule has 0 spiro atoms. The molecule has 1 heterocycles. The van der Waals surface area contributed by atoms with Crippen molar-refractivity contribution in [2.45, 2.75) is 51.6 Å². The fourth-order valence-corrected chi connectivity index (χ4v) is 3.20. The molecule has 2 nitrogen and oxygen atoms in total. The van der Waals surface area contributed by atoms with E-state index in [-0.39, 0.29) is 17.7 Å². The Hall–Kier alpha value is -1.00. The lowest BCUT2D eigenvalue weighted by Gasteiger charge is -2.40. The lowest BCUT2D eigenvalue weighted by atomic mass is 9.94. The number of piperidine rings is 1. The normalized spacial score (nSPS) is 21.9. The van der Waals surface area contributed by atoms with Gasteiger partial charge in [0, 0.05) is 17.6 Å². The number of hydrogen-bond acceptors (Lipinski definition) is 2. The average molecular weight is 282 g/mol. The summed E-state index contributed by atoms with van der Waals surface area (Å²) in [6, 6.07) is 2.92. The Morgan fingerprint density at radius 3 is 2.75 bits per heavy atom. The van der Waals surface area contributed by atoms with E-state index in [0.717, 1.165) is 25.8 Å². The van der Waals surface area contributed by atoms with Gasteiger partial charge in [-0.2, -0.15) is 0 Å². The summed E-state index contributed by atoms with van der Waals surface area (Å²) in [6.07, 6.45) is 4.32. The van der Waals surface area contributed by atoms with E-state index in [1.54, 1.807) is 6.92 Å². The molecule has 0 saturated carbocycles. The van der Waals surface area contributed by atoms with E-state index < -0.39 is 0 Å². The van der Waals surface area contributed by atoms with Gasteiger partial charge in [0.15, 0.2) is 0 Å². The molecule has 2 N–H and O–H groups in total. The van der Waals surface area contributed by atoms with Crippen molar-refractivity contribution < 1.29 is 8.78 Å². The van der Waals surface area contributed by atoms with Crippen molar-refractivity contribution >= 4 is 0 Å². The molecule has 0 aromatic heterocycles. The zero-order valence-corrected chi connectivity index (χ0v) is 12.3. The highest BCUT2D eigenvalue weighted by molar-refractivity contribution is 5.27. The number of halogens is 2. The molecule has 2 atom stereocenters. The van der Waals surface area contributed by atoms with Gasteiger partial charge in [0.2, 0.25) is 0 Å². The van der Waals surface area contributed by atoms with Crippen LogP contribution in [0.25, 0.3) is 0 Å². The Morgan fingerprint density at radius 2 is 2.05 bits per heavy atom. The number of benzene rings is 1. The molecular weight excluding hydrogens is 258 g/mol. The van der Waals surface area contributed by atoms with Gasteiger partial charge in [-0.05, 0) is 63.9 Å². The van der Waals surface area contributed by atoms with E-state index in [0.29, 0.717) is 23.7 Å². The summed E-state index contributed by atoms with van der Waals surface area (Å²) in [6.45, 7) is 5.12. The van der Waals surface area contributed by atoms with Crippen LogP contribution in [0.1, 0.15) is 49.8 Å². The fraction of sp³-hybridized carbons (Fsp3) is 0.625. The zero-order valence-electron chi connectivity index (χ0n) is 12.3. The number of nitrogens with two attached hydrogens (primary N) is 1. The topological polar surface area (TPSA) is 29.3 Å². The van der Waals surface area contributed by atoms with Crippen LogP contribution in [-0.2, 0) is 0 Å². The summed E-state index contributed by atoms with van der Waals surface area (Å²) in [5.41, 5.74) is 6.49.